The highest BCUT2D eigenvalue weighted by molar-refractivity contribution is 7.92. The summed E-state index contributed by atoms with van der Waals surface area (Å²) in [6, 6.07) is 5.29. The molecular weight excluding hydrogens is 326 g/mol. The summed E-state index contributed by atoms with van der Waals surface area (Å²) in [6.07, 6.45) is 1.08. The summed E-state index contributed by atoms with van der Waals surface area (Å²) < 4.78 is 25.2. The number of carbonyl (C=O) groups is 1. The molecule has 1 amide bonds. The Labute approximate surface area is 145 Å². The number of nitrogens with one attached hydrogen (secondary N) is 1. The highest BCUT2D eigenvalue weighted by atomic mass is 32.2. The van der Waals surface area contributed by atoms with Gasteiger partial charge in [-0.25, -0.2) is 13.8 Å². The molecule has 134 valence electrons. The molecule has 0 aromatic heterocycles. The molecule has 6 nitrogen and oxygen atoms in total. The van der Waals surface area contributed by atoms with Gasteiger partial charge in [0.1, 0.15) is 6.54 Å². The first-order valence-electron chi connectivity index (χ1n) is 7.71. The van der Waals surface area contributed by atoms with Crippen molar-refractivity contribution in [3.05, 3.63) is 29.3 Å². The number of hydrogen-bond donors (Lipinski definition) is 1. The monoisotopic (exact) mass is 353 g/mol. The van der Waals surface area contributed by atoms with Crippen molar-refractivity contribution in [2.24, 2.45) is 10.5 Å². The van der Waals surface area contributed by atoms with Gasteiger partial charge in [0.05, 0.1) is 11.9 Å². The molecule has 0 saturated carbocycles. The highest BCUT2D eigenvalue weighted by Crippen LogP contribution is 2.21. The van der Waals surface area contributed by atoms with Gasteiger partial charge in [-0.2, -0.15) is 5.10 Å². The number of anilines is 1. The molecule has 0 fully saturated rings. The summed E-state index contributed by atoms with van der Waals surface area (Å²) in [5.41, 5.74) is 5.50. The first-order valence-corrected chi connectivity index (χ1v) is 9.56. The van der Waals surface area contributed by atoms with Crippen LogP contribution in [0.5, 0.6) is 0 Å². The molecule has 0 heterocycles. The third-order valence-corrected chi connectivity index (χ3v) is 5.04. The molecule has 1 aromatic rings. The third-order valence-electron chi connectivity index (χ3n) is 3.90. The number of rotatable bonds is 5. The van der Waals surface area contributed by atoms with E-state index in [4.69, 9.17) is 0 Å². The van der Waals surface area contributed by atoms with E-state index in [1.807, 2.05) is 47.6 Å². The molecule has 0 saturated heterocycles. The van der Waals surface area contributed by atoms with E-state index in [0.29, 0.717) is 5.69 Å². The number of carbonyl (C=O) groups excluding carboxylic acids is 1. The van der Waals surface area contributed by atoms with Crippen molar-refractivity contribution in [1.29, 1.82) is 0 Å². The lowest BCUT2D eigenvalue weighted by Gasteiger charge is -2.22. The Morgan fingerprint density at radius 2 is 1.79 bits per heavy atom. The second-order valence-electron chi connectivity index (χ2n) is 7.02. The number of aryl methyl sites for hydroxylation is 2. The largest absolute Gasteiger partial charge is 0.271 e. The Kier molecular flexibility index (Phi) is 6.16. The van der Waals surface area contributed by atoms with Crippen molar-refractivity contribution < 1.29 is 13.2 Å². The Morgan fingerprint density at radius 3 is 2.25 bits per heavy atom. The quantitative estimate of drug-likeness (QED) is 0.653. The Bertz CT molecular complexity index is 747. The lowest BCUT2D eigenvalue weighted by Crippen LogP contribution is -2.39. The van der Waals surface area contributed by atoms with Gasteiger partial charge in [-0.1, -0.05) is 26.8 Å². The van der Waals surface area contributed by atoms with Crippen molar-refractivity contribution in [2.75, 3.05) is 17.1 Å². The summed E-state index contributed by atoms with van der Waals surface area (Å²) in [5.74, 6) is -0.484. The van der Waals surface area contributed by atoms with E-state index in [0.717, 1.165) is 27.4 Å². The van der Waals surface area contributed by atoms with Crippen LogP contribution in [0, 0.1) is 19.3 Å². The predicted octanol–water partition coefficient (Wildman–Crippen LogP) is 2.61. The number of sulfonamides is 1. The summed E-state index contributed by atoms with van der Waals surface area (Å²) in [4.78, 5) is 12.1. The van der Waals surface area contributed by atoms with Gasteiger partial charge in [-0.05, 0) is 44.0 Å². The van der Waals surface area contributed by atoms with E-state index in [2.05, 4.69) is 10.5 Å². The second kappa shape index (κ2) is 7.34. The van der Waals surface area contributed by atoms with Crippen LogP contribution in [-0.2, 0) is 14.8 Å². The van der Waals surface area contributed by atoms with Gasteiger partial charge < -0.3 is 0 Å². The average Bonchev–Trinajstić information content (AvgIpc) is 2.43. The molecule has 24 heavy (non-hydrogen) atoms. The minimum Gasteiger partial charge on any atom is -0.271 e. The van der Waals surface area contributed by atoms with E-state index in [1.54, 1.807) is 12.1 Å². The standard InChI is InChI=1S/C17H27N3O3S/c1-12-8-9-15(10-13(12)2)20(24(7,22)23)11-16(21)19-18-14(3)17(4,5)6/h8-10H,11H2,1-7H3,(H,19,21)/b18-14-. The lowest BCUT2D eigenvalue weighted by atomic mass is 9.91. The summed E-state index contributed by atoms with van der Waals surface area (Å²) in [6.45, 7) is 11.3. The first kappa shape index (κ1) is 20.2. The van der Waals surface area contributed by atoms with Crippen LogP contribution < -0.4 is 9.73 Å². The fraction of sp³-hybridized carbons (Fsp3) is 0.529. The van der Waals surface area contributed by atoms with Gasteiger partial charge in [0.15, 0.2) is 0 Å². The predicted molar refractivity (Wildman–Crippen MR) is 98.8 cm³/mol. The van der Waals surface area contributed by atoms with Crippen LogP contribution in [-0.4, -0.2) is 32.8 Å². The minimum absolute atomic E-state index is 0.169. The van der Waals surface area contributed by atoms with Gasteiger partial charge in [-0.15, -0.1) is 0 Å². The van der Waals surface area contributed by atoms with Crippen LogP contribution in [0.4, 0.5) is 5.69 Å². The van der Waals surface area contributed by atoms with E-state index in [1.165, 1.54) is 0 Å². The third kappa shape index (κ3) is 5.63. The summed E-state index contributed by atoms with van der Waals surface area (Å²) in [5, 5.41) is 4.05. The zero-order chi connectivity index (χ0) is 18.7. The van der Waals surface area contributed by atoms with Crippen LogP contribution in [0.25, 0.3) is 0 Å². The van der Waals surface area contributed by atoms with Crippen LogP contribution in [0.3, 0.4) is 0 Å². The molecule has 1 N–H and O–H groups in total. The first-order chi connectivity index (χ1) is 10.8. The van der Waals surface area contributed by atoms with Crippen molar-refractivity contribution >= 4 is 27.3 Å². The van der Waals surface area contributed by atoms with Gasteiger partial charge in [0.25, 0.3) is 5.91 Å². The molecular formula is C17H27N3O3S. The van der Waals surface area contributed by atoms with Crippen molar-refractivity contribution in [3.63, 3.8) is 0 Å². The molecule has 0 radical (unpaired) electrons. The SMILES string of the molecule is C/C(=N/NC(=O)CN(c1ccc(C)c(C)c1)S(C)(=O)=O)C(C)(C)C. The number of hydrogen-bond acceptors (Lipinski definition) is 4. The number of hydrazone groups is 1. The van der Waals surface area contributed by atoms with E-state index in [9.17, 15) is 13.2 Å². The van der Waals surface area contributed by atoms with Crippen molar-refractivity contribution in [2.45, 2.75) is 41.5 Å². The number of amides is 1. The zero-order valence-corrected chi connectivity index (χ0v) is 16.3. The van der Waals surface area contributed by atoms with Crippen LogP contribution in [0.2, 0.25) is 0 Å². The minimum atomic E-state index is -3.59. The molecule has 0 unspecified atom stereocenters. The fourth-order valence-electron chi connectivity index (χ4n) is 1.76. The Balaban J connectivity index is 3.00. The van der Waals surface area contributed by atoms with Gasteiger partial charge >= 0.3 is 0 Å². The normalized spacial score (nSPS) is 12.9. The average molecular weight is 353 g/mol. The van der Waals surface area contributed by atoms with Crippen LogP contribution in [0.1, 0.15) is 38.8 Å². The van der Waals surface area contributed by atoms with Crippen LogP contribution in [0.15, 0.2) is 23.3 Å². The molecule has 0 spiro atoms. The molecule has 0 atom stereocenters. The molecule has 7 heteroatoms. The number of nitrogens with zero attached hydrogens (tertiary/aromatic N) is 2. The van der Waals surface area contributed by atoms with Gasteiger partial charge in [0.2, 0.25) is 10.0 Å². The Hall–Kier alpha value is -1.89. The van der Waals surface area contributed by atoms with Crippen molar-refractivity contribution in [1.82, 2.24) is 5.43 Å². The van der Waals surface area contributed by atoms with Gasteiger partial charge in [0, 0.05) is 11.1 Å². The lowest BCUT2D eigenvalue weighted by molar-refractivity contribution is -0.119. The van der Waals surface area contributed by atoms with E-state index < -0.39 is 15.9 Å². The maximum absolute atomic E-state index is 12.1. The smallest absolute Gasteiger partial charge is 0.260 e. The molecule has 0 aliphatic heterocycles. The topological polar surface area (TPSA) is 78.8 Å². The Morgan fingerprint density at radius 1 is 1.21 bits per heavy atom. The maximum Gasteiger partial charge on any atom is 0.260 e. The molecule has 1 rings (SSSR count). The van der Waals surface area contributed by atoms with Gasteiger partial charge in [-0.3, -0.25) is 9.10 Å². The second-order valence-corrected chi connectivity index (χ2v) is 8.93. The van der Waals surface area contributed by atoms with Crippen LogP contribution >= 0.6 is 0 Å². The summed E-state index contributed by atoms with van der Waals surface area (Å²) >= 11 is 0. The molecule has 0 bridgehead atoms. The molecule has 1 aromatic carbocycles. The molecule has 0 aliphatic rings. The fourth-order valence-corrected chi connectivity index (χ4v) is 2.61. The zero-order valence-electron chi connectivity index (χ0n) is 15.5. The molecule has 0 aliphatic carbocycles. The highest BCUT2D eigenvalue weighted by Gasteiger charge is 2.21. The maximum atomic E-state index is 12.1. The number of benzene rings is 1. The van der Waals surface area contributed by atoms with E-state index >= 15 is 0 Å². The van der Waals surface area contributed by atoms with Crippen molar-refractivity contribution in [3.8, 4) is 0 Å². The summed E-state index contributed by atoms with van der Waals surface area (Å²) in [7, 11) is -3.59. The van der Waals surface area contributed by atoms with E-state index in [-0.39, 0.29) is 12.0 Å².